The predicted molar refractivity (Wildman–Crippen MR) is 89.0 cm³/mol. The molecular formula is C16H26N4O2. The van der Waals surface area contributed by atoms with Gasteiger partial charge in [-0.25, -0.2) is 4.98 Å². The van der Waals surface area contributed by atoms with E-state index < -0.39 is 0 Å². The number of amides is 2. The maximum Gasteiger partial charge on any atom is 0.243 e. The number of allylic oxidation sites excluding steroid dienone is 2. The summed E-state index contributed by atoms with van der Waals surface area (Å²) in [6.07, 6.45) is 5.70. The molecule has 0 aliphatic heterocycles. The summed E-state index contributed by atoms with van der Waals surface area (Å²) in [5.74, 6) is -0.286. The van der Waals surface area contributed by atoms with Crippen molar-refractivity contribution in [2.75, 3.05) is 6.54 Å². The minimum atomic E-state index is -0.286. The second-order valence-electron chi connectivity index (χ2n) is 4.96. The van der Waals surface area contributed by atoms with Crippen molar-refractivity contribution < 1.29 is 9.59 Å². The Labute approximate surface area is 132 Å². The molecule has 0 saturated carbocycles. The highest BCUT2D eigenvalue weighted by Crippen LogP contribution is 2.25. The molecule has 1 aromatic rings. The minimum absolute atomic E-state index is 0.0553. The predicted octanol–water partition coefficient (Wildman–Crippen LogP) is 2.12. The number of carbonyl (C=O) groups excluding carboxylic acids is 2. The van der Waals surface area contributed by atoms with Gasteiger partial charge in [-0.2, -0.15) is 0 Å². The summed E-state index contributed by atoms with van der Waals surface area (Å²) in [4.78, 5) is 28.9. The van der Waals surface area contributed by atoms with Crippen molar-refractivity contribution in [2.45, 2.75) is 40.0 Å². The zero-order chi connectivity index (χ0) is 17.2. The molecule has 0 aromatic carbocycles. The monoisotopic (exact) mass is 306 g/mol. The largest absolute Gasteiger partial charge is 0.350 e. The van der Waals surface area contributed by atoms with E-state index >= 15 is 0 Å². The smallest absolute Gasteiger partial charge is 0.243 e. The fraction of sp³-hybridized carbons (Fsp3) is 0.438. The van der Waals surface area contributed by atoms with E-state index in [1.54, 1.807) is 19.3 Å². The first-order chi connectivity index (χ1) is 10.4. The zero-order valence-corrected chi connectivity index (χ0v) is 14.0. The van der Waals surface area contributed by atoms with E-state index in [1.165, 1.54) is 0 Å². The summed E-state index contributed by atoms with van der Waals surface area (Å²) in [6, 6.07) is 0. The maximum absolute atomic E-state index is 11.5. The minimum Gasteiger partial charge on any atom is -0.350 e. The fourth-order valence-electron chi connectivity index (χ4n) is 1.67. The molecule has 6 heteroatoms. The van der Waals surface area contributed by atoms with Gasteiger partial charge in [0.15, 0.2) is 0 Å². The lowest BCUT2D eigenvalue weighted by Crippen LogP contribution is -2.32. The Hall–Kier alpha value is -2.37. The molecule has 0 aliphatic carbocycles. The van der Waals surface area contributed by atoms with E-state index in [0.29, 0.717) is 12.1 Å². The first-order valence-corrected chi connectivity index (χ1v) is 7.23. The van der Waals surface area contributed by atoms with Gasteiger partial charge in [-0.15, -0.1) is 6.58 Å². The Morgan fingerprint density at radius 3 is 2.64 bits per heavy atom. The summed E-state index contributed by atoms with van der Waals surface area (Å²) in [5.41, 5.74) is 2.07. The van der Waals surface area contributed by atoms with Crippen LogP contribution in [0.5, 0.6) is 0 Å². The van der Waals surface area contributed by atoms with Gasteiger partial charge in [0.25, 0.3) is 0 Å². The summed E-state index contributed by atoms with van der Waals surface area (Å²) in [6.45, 7) is 13.6. The van der Waals surface area contributed by atoms with Gasteiger partial charge < -0.3 is 15.6 Å². The molecule has 2 amide bonds. The lowest BCUT2D eigenvalue weighted by atomic mass is 9.88. The van der Waals surface area contributed by atoms with Gasteiger partial charge in [0.05, 0.1) is 24.3 Å². The average molecular weight is 306 g/mol. The summed E-state index contributed by atoms with van der Waals surface area (Å²) < 4.78 is 0. The molecule has 1 heterocycles. The first-order valence-electron chi connectivity index (χ1n) is 7.23. The molecule has 1 rings (SSSR count). The lowest BCUT2D eigenvalue weighted by molar-refractivity contribution is -0.121. The van der Waals surface area contributed by atoms with Gasteiger partial charge in [-0.3, -0.25) is 9.59 Å². The molecule has 122 valence electrons. The molecule has 22 heavy (non-hydrogen) atoms. The third-order valence-electron chi connectivity index (χ3n) is 2.86. The Morgan fingerprint density at radius 2 is 2.09 bits per heavy atom. The second kappa shape index (κ2) is 9.55. The van der Waals surface area contributed by atoms with Crippen molar-refractivity contribution >= 4 is 18.4 Å². The van der Waals surface area contributed by atoms with Gasteiger partial charge in [-0.05, 0) is 13.0 Å². The quantitative estimate of drug-likeness (QED) is 0.532. The molecule has 0 unspecified atom stereocenters. The summed E-state index contributed by atoms with van der Waals surface area (Å²) in [7, 11) is 0. The number of nitrogens with one attached hydrogen (secondary N) is 3. The summed E-state index contributed by atoms with van der Waals surface area (Å²) >= 11 is 0. The number of rotatable bonds is 7. The number of hydrogen-bond donors (Lipinski definition) is 3. The van der Waals surface area contributed by atoms with Gasteiger partial charge >= 0.3 is 0 Å². The van der Waals surface area contributed by atoms with Crippen LogP contribution in [0.4, 0.5) is 0 Å². The molecule has 6 nitrogen and oxygen atoms in total. The molecule has 0 spiro atoms. The lowest BCUT2D eigenvalue weighted by Gasteiger charge is -2.19. The average Bonchev–Trinajstić information content (AvgIpc) is 2.96. The van der Waals surface area contributed by atoms with E-state index in [-0.39, 0.29) is 17.9 Å². The number of imidazole rings is 1. The highest BCUT2D eigenvalue weighted by atomic mass is 16.2. The highest BCUT2D eigenvalue weighted by Gasteiger charge is 2.21. The fourth-order valence-corrected chi connectivity index (χ4v) is 1.67. The van der Waals surface area contributed by atoms with E-state index in [4.69, 9.17) is 0 Å². The number of H-pyrrole nitrogens is 1. The van der Waals surface area contributed by atoms with E-state index in [9.17, 15) is 9.59 Å². The number of carbonyl (C=O) groups is 2. The van der Waals surface area contributed by atoms with Gasteiger partial charge in [0.2, 0.25) is 12.3 Å². The Kier molecular flexibility index (Phi) is 8.52. The highest BCUT2D eigenvalue weighted by molar-refractivity contribution is 5.82. The summed E-state index contributed by atoms with van der Waals surface area (Å²) in [5, 5.41) is 4.97. The third-order valence-corrected chi connectivity index (χ3v) is 2.86. The zero-order valence-electron chi connectivity index (χ0n) is 14.0. The molecular weight excluding hydrogens is 280 g/mol. The van der Waals surface area contributed by atoms with Gasteiger partial charge in [-0.1, -0.05) is 33.8 Å². The van der Waals surface area contributed by atoms with Crippen LogP contribution in [0.25, 0.3) is 6.08 Å². The van der Waals surface area contributed by atoms with Crippen LogP contribution >= 0.6 is 0 Å². The van der Waals surface area contributed by atoms with Crippen LogP contribution in [0.2, 0.25) is 0 Å². The van der Waals surface area contributed by atoms with Crippen molar-refractivity contribution in [3.05, 3.63) is 36.1 Å². The Bertz CT molecular complexity index is 530. The number of hydrogen-bond acceptors (Lipinski definition) is 3. The van der Waals surface area contributed by atoms with Gasteiger partial charge in [0, 0.05) is 11.1 Å². The van der Waals surface area contributed by atoms with E-state index in [0.717, 1.165) is 11.4 Å². The van der Waals surface area contributed by atoms with E-state index in [2.05, 4.69) is 27.2 Å². The SMILES string of the molecule is C=CC(C)(C)c1[nH]cnc1/C=C(/C)NC(=O)CNC=O.CC. The standard InChI is InChI=1S/C14H20N4O2.C2H6/c1-5-14(3,4)13-11(16-8-17-13)6-10(2)18-12(20)7-15-9-19;1-2/h5-6,8-9H,1,7H2,2-4H3,(H,15,19)(H,16,17)(H,18,20);1-2H3/b10-6-;. The van der Waals surface area contributed by atoms with Crippen molar-refractivity contribution in [1.29, 1.82) is 0 Å². The molecule has 0 fully saturated rings. The first kappa shape index (κ1) is 19.6. The molecule has 0 radical (unpaired) electrons. The van der Waals surface area contributed by atoms with Crippen LogP contribution in [0, 0.1) is 0 Å². The van der Waals surface area contributed by atoms with Crippen molar-refractivity contribution in [3.8, 4) is 0 Å². The van der Waals surface area contributed by atoms with Gasteiger partial charge in [0.1, 0.15) is 0 Å². The maximum atomic E-state index is 11.5. The number of aromatic amines is 1. The van der Waals surface area contributed by atoms with Crippen LogP contribution in [0.1, 0.15) is 46.0 Å². The van der Waals surface area contributed by atoms with Crippen LogP contribution in [0.15, 0.2) is 24.7 Å². The van der Waals surface area contributed by atoms with Crippen LogP contribution in [-0.4, -0.2) is 28.8 Å². The van der Waals surface area contributed by atoms with E-state index in [1.807, 2.05) is 33.8 Å². The van der Waals surface area contributed by atoms with Crippen LogP contribution < -0.4 is 10.6 Å². The van der Waals surface area contributed by atoms with Crippen molar-refractivity contribution in [3.63, 3.8) is 0 Å². The van der Waals surface area contributed by atoms with Crippen molar-refractivity contribution in [2.24, 2.45) is 0 Å². The number of aromatic nitrogens is 2. The molecule has 0 aliphatic rings. The van der Waals surface area contributed by atoms with Crippen molar-refractivity contribution in [1.82, 2.24) is 20.6 Å². The molecule has 0 saturated heterocycles. The number of nitrogens with zero attached hydrogens (tertiary/aromatic N) is 1. The normalized spacial score (nSPS) is 11.0. The molecule has 0 atom stereocenters. The topological polar surface area (TPSA) is 86.9 Å². The van der Waals surface area contributed by atoms with Crippen LogP contribution in [0.3, 0.4) is 0 Å². The molecule has 3 N–H and O–H groups in total. The van der Waals surface area contributed by atoms with Crippen LogP contribution in [-0.2, 0) is 15.0 Å². The third kappa shape index (κ3) is 5.95. The second-order valence-corrected chi connectivity index (χ2v) is 4.96. The Morgan fingerprint density at radius 1 is 1.45 bits per heavy atom. The molecule has 0 bridgehead atoms. The Balaban J connectivity index is 0.00000211. The molecule has 1 aromatic heterocycles.